The summed E-state index contributed by atoms with van der Waals surface area (Å²) in [4.78, 5) is 30.7. The molecule has 0 saturated carbocycles. The van der Waals surface area contributed by atoms with E-state index in [0.717, 1.165) is 0 Å². The van der Waals surface area contributed by atoms with E-state index in [1.807, 2.05) is 0 Å². The van der Waals surface area contributed by atoms with E-state index >= 15 is 0 Å². The summed E-state index contributed by atoms with van der Waals surface area (Å²) >= 11 is 5.17. The first-order valence-electron chi connectivity index (χ1n) is 3.18. The number of halogens is 1. The van der Waals surface area contributed by atoms with Gasteiger partial charge in [0, 0.05) is 0 Å². The number of aliphatic carboxylic acids is 3. The van der Waals surface area contributed by atoms with Crippen molar-refractivity contribution in [3.8, 4) is 0 Å². The summed E-state index contributed by atoms with van der Waals surface area (Å²) in [7, 11) is 0. The van der Waals surface area contributed by atoms with Gasteiger partial charge in [-0.3, -0.25) is 14.4 Å². The van der Waals surface area contributed by atoms with Gasteiger partial charge in [0.25, 0.3) is 0 Å². The lowest BCUT2D eigenvalue weighted by Crippen LogP contribution is -2.29. The Balaban J connectivity index is 4.35. The van der Waals surface area contributed by atoms with Crippen LogP contribution in [0, 0.1) is 5.92 Å². The second-order valence-electron chi connectivity index (χ2n) is 2.27. The fourth-order valence-corrected chi connectivity index (χ4v) is 0.793. The molecule has 0 aliphatic carbocycles. The fourth-order valence-electron chi connectivity index (χ4n) is 0.615. The van der Waals surface area contributed by atoms with Gasteiger partial charge in [0.15, 0.2) is 5.92 Å². The molecule has 0 bridgehead atoms. The van der Waals surface area contributed by atoms with Crippen LogP contribution in [0.1, 0.15) is 6.42 Å². The maximum absolute atomic E-state index is 10.3. The van der Waals surface area contributed by atoms with E-state index in [9.17, 15) is 14.4 Å². The molecule has 7 heteroatoms. The average Bonchev–Trinajstić information content (AvgIpc) is 1.97. The number of rotatable bonds is 5. The predicted molar refractivity (Wildman–Crippen MR) is 40.7 cm³/mol. The number of carboxylic acid groups (broad SMARTS) is 3. The normalized spacial score (nSPS) is 12.5. The van der Waals surface area contributed by atoms with Gasteiger partial charge in [-0.15, -0.1) is 11.6 Å². The van der Waals surface area contributed by atoms with E-state index in [-0.39, 0.29) is 0 Å². The lowest BCUT2D eigenvalue weighted by molar-refractivity contribution is -0.154. The number of hydrogen-bond donors (Lipinski definition) is 3. The van der Waals surface area contributed by atoms with Crippen molar-refractivity contribution in [3.63, 3.8) is 0 Å². The molecule has 3 N–H and O–H groups in total. The number of hydrogen-bond acceptors (Lipinski definition) is 3. The highest BCUT2D eigenvalue weighted by molar-refractivity contribution is 6.29. The largest absolute Gasteiger partial charge is 0.481 e. The SMILES string of the molecule is O=C(O)C(Cl)CC(C(=O)O)C(=O)O. The first-order valence-corrected chi connectivity index (χ1v) is 3.62. The van der Waals surface area contributed by atoms with E-state index < -0.39 is 35.6 Å². The summed E-state index contributed by atoms with van der Waals surface area (Å²) in [5.74, 6) is -6.41. The van der Waals surface area contributed by atoms with Crippen LogP contribution in [-0.4, -0.2) is 38.6 Å². The van der Waals surface area contributed by atoms with Crippen LogP contribution >= 0.6 is 11.6 Å². The Hall–Kier alpha value is -1.30. The molecule has 0 aliphatic rings. The van der Waals surface area contributed by atoms with E-state index in [1.165, 1.54) is 0 Å². The van der Waals surface area contributed by atoms with Crippen molar-refractivity contribution < 1.29 is 29.7 Å². The summed E-state index contributed by atoms with van der Waals surface area (Å²) in [6, 6.07) is 0. The van der Waals surface area contributed by atoms with Crippen molar-refractivity contribution >= 4 is 29.5 Å². The molecular formula is C6H7ClO6. The van der Waals surface area contributed by atoms with Crippen molar-refractivity contribution in [2.24, 2.45) is 5.92 Å². The van der Waals surface area contributed by atoms with Crippen LogP contribution in [0.2, 0.25) is 0 Å². The van der Waals surface area contributed by atoms with E-state index in [0.29, 0.717) is 0 Å². The quantitative estimate of drug-likeness (QED) is 0.430. The molecule has 0 fully saturated rings. The van der Waals surface area contributed by atoms with Crippen LogP contribution in [0.5, 0.6) is 0 Å². The molecule has 0 radical (unpaired) electrons. The summed E-state index contributed by atoms with van der Waals surface area (Å²) in [5.41, 5.74) is 0. The summed E-state index contributed by atoms with van der Waals surface area (Å²) in [6.07, 6.45) is -0.637. The van der Waals surface area contributed by atoms with Gasteiger partial charge in [-0.1, -0.05) is 0 Å². The predicted octanol–water partition coefficient (Wildman–Crippen LogP) is -0.146. The van der Waals surface area contributed by atoms with Gasteiger partial charge < -0.3 is 15.3 Å². The molecular weight excluding hydrogens is 204 g/mol. The summed E-state index contributed by atoms with van der Waals surface area (Å²) in [5, 5.41) is 23.5. The van der Waals surface area contributed by atoms with Crippen LogP contribution in [0.4, 0.5) is 0 Å². The van der Waals surface area contributed by atoms with Gasteiger partial charge in [0.05, 0.1) is 0 Å². The Morgan fingerprint density at radius 2 is 1.38 bits per heavy atom. The van der Waals surface area contributed by atoms with Crippen LogP contribution in [0.15, 0.2) is 0 Å². The molecule has 6 nitrogen and oxygen atoms in total. The smallest absolute Gasteiger partial charge is 0.321 e. The Bertz CT molecular complexity index is 223. The number of carbonyl (C=O) groups is 3. The van der Waals surface area contributed by atoms with Gasteiger partial charge in [-0.2, -0.15) is 0 Å². The van der Waals surface area contributed by atoms with E-state index in [1.54, 1.807) is 0 Å². The molecule has 0 saturated heterocycles. The molecule has 0 rings (SSSR count). The second-order valence-corrected chi connectivity index (χ2v) is 2.80. The molecule has 0 aromatic carbocycles. The topological polar surface area (TPSA) is 112 Å². The monoisotopic (exact) mass is 210 g/mol. The minimum Gasteiger partial charge on any atom is -0.481 e. The van der Waals surface area contributed by atoms with Gasteiger partial charge in [-0.25, -0.2) is 0 Å². The lowest BCUT2D eigenvalue weighted by Gasteiger charge is -2.08. The zero-order valence-corrected chi connectivity index (χ0v) is 7.06. The van der Waals surface area contributed by atoms with Crippen LogP contribution in [0.25, 0.3) is 0 Å². The fraction of sp³-hybridized carbons (Fsp3) is 0.500. The zero-order valence-electron chi connectivity index (χ0n) is 6.31. The molecule has 0 aromatic rings. The lowest BCUT2D eigenvalue weighted by atomic mass is 10.0. The highest BCUT2D eigenvalue weighted by Gasteiger charge is 2.31. The summed E-state index contributed by atoms with van der Waals surface area (Å²) in [6.45, 7) is 0. The maximum atomic E-state index is 10.3. The second kappa shape index (κ2) is 4.66. The third-order valence-corrected chi connectivity index (χ3v) is 1.67. The Labute approximate surface area is 77.7 Å². The molecule has 1 unspecified atom stereocenters. The molecule has 74 valence electrons. The Morgan fingerprint density at radius 3 is 1.62 bits per heavy atom. The van der Waals surface area contributed by atoms with E-state index in [2.05, 4.69) is 0 Å². The standard InChI is InChI=1S/C6H7ClO6/c7-3(6(12)13)1-2(4(8)9)5(10)11/h2-3H,1H2,(H,8,9)(H,10,11)(H,12,13). The third-order valence-electron chi connectivity index (χ3n) is 1.31. The van der Waals surface area contributed by atoms with Gasteiger partial charge in [-0.05, 0) is 6.42 Å². The molecule has 0 heterocycles. The Morgan fingerprint density at radius 1 is 1.00 bits per heavy atom. The summed E-state index contributed by atoms with van der Waals surface area (Å²) < 4.78 is 0. The van der Waals surface area contributed by atoms with Gasteiger partial charge in [0.1, 0.15) is 5.38 Å². The number of alkyl halides is 1. The third kappa shape index (κ3) is 3.75. The Kier molecular flexibility index (Phi) is 4.19. The van der Waals surface area contributed by atoms with Crippen molar-refractivity contribution in [3.05, 3.63) is 0 Å². The first kappa shape index (κ1) is 11.7. The van der Waals surface area contributed by atoms with Crippen molar-refractivity contribution in [2.45, 2.75) is 11.8 Å². The van der Waals surface area contributed by atoms with Crippen molar-refractivity contribution in [1.82, 2.24) is 0 Å². The first-order chi connectivity index (χ1) is 5.86. The molecule has 0 amide bonds. The molecule has 0 spiro atoms. The van der Waals surface area contributed by atoms with E-state index in [4.69, 9.17) is 26.9 Å². The highest BCUT2D eigenvalue weighted by Crippen LogP contribution is 2.12. The van der Waals surface area contributed by atoms with Crippen molar-refractivity contribution in [2.75, 3.05) is 0 Å². The van der Waals surface area contributed by atoms with Gasteiger partial charge in [0.2, 0.25) is 0 Å². The molecule has 1 atom stereocenters. The van der Waals surface area contributed by atoms with Crippen LogP contribution in [-0.2, 0) is 14.4 Å². The van der Waals surface area contributed by atoms with Crippen molar-refractivity contribution in [1.29, 1.82) is 0 Å². The van der Waals surface area contributed by atoms with Crippen LogP contribution in [0.3, 0.4) is 0 Å². The molecule has 13 heavy (non-hydrogen) atoms. The highest BCUT2D eigenvalue weighted by atomic mass is 35.5. The molecule has 0 aliphatic heterocycles. The minimum atomic E-state index is -1.78. The van der Waals surface area contributed by atoms with Crippen LogP contribution < -0.4 is 0 Å². The average molecular weight is 211 g/mol. The maximum Gasteiger partial charge on any atom is 0.321 e. The van der Waals surface area contributed by atoms with Gasteiger partial charge >= 0.3 is 17.9 Å². The minimum absolute atomic E-state index is 0.637. The molecule has 0 aromatic heterocycles. The zero-order chi connectivity index (χ0) is 10.6. The number of carboxylic acids is 3.